The summed E-state index contributed by atoms with van der Waals surface area (Å²) in [5.74, 6) is -0.181. The summed E-state index contributed by atoms with van der Waals surface area (Å²) in [6, 6.07) is 11.8. The number of piperidine rings is 1. The molecule has 3 heterocycles. The number of ether oxygens (including phenoxy) is 1. The van der Waals surface area contributed by atoms with Crippen molar-refractivity contribution in [3.63, 3.8) is 0 Å². The Morgan fingerprint density at radius 1 is 1.00 bits per heavy atom. The van der Waals surface area contributed by atoms with E-state index in [1.807, 2.05) is 6.07 Å². The molecule has 9 nitrogen and oxygen atoms in total. The Labute approximate surface area is 197 Å². The maximum Gasteiger partial charge on any atom is 0.420 e. The maximum absolute atomic E-state index is 12.7. The van der Waals surface area contributed by atoms with Crippen molar-refractivity contribution in [2.75, 3.05) is 33.3 Å². The van der Waals surface area contributed by atoms with Crippen molar-refractivity contribution in [2.24, 2.45) is 0 Å². The second-order valence-electron chi connectivity index (χ2n) is 8.70. The van der Waals surface area contributed by atoms with Crippen molar-refractivity contribution >= 4 is 27.0 Å². The van der Waals surface area contributed by atoms with Crippen LogP contribution in [-0.2, 0) is 10.0 Å². The predicted molar refractivity (Wildman–Crippen MR) is 126 cm³/mol. The molecule has 5 rings (SSSR count). The summed E-state index contributed by atoms with van der Waals surface area (Å²) < 4.78 is 38.9. The smallest absolute Gasteiger partial charge is 0.420 e. The third-order valence-corrected chi connectivity index (χ3v) is 8.58. The van der Waals surface area contributed by atoms with Crippen molar-refractivity contribution < 1.29 is 22.4 Å². The van der Waals surface area contributed by atoms with E-state index in [0.29, 0.717) is 23.3 Å². The van der Waals surface area contributed by atoms with E-state index in [2.05, 4.69) is 4.90 Å². The van der Waals surface area contributed by atoms with Crippen molar-refractivity contribution in [1.29, 1.82) is 0 Å². The highest BCUT2D eigenvalue weighted by Gasteiger charge is 2.40. The fraction of sp³-hybridized carbons (Fsp3) is 0.417. The number of likely N-dealkylation sites (tertiary alicyclic amines) is 1. The highest BCUT2D eigenvalue weighted by molar-refractivity contribution is 7.90. The number of methoxy groups -OCH3 is 1. The molecule has 3 aromatic rings. The van der Waals surface area contributed by atoms with Crippen molar-refractivity contribution in [2.45, 2.75) is 36.6 Å². The average Bonchev–Trinajstić information content (AvgIpc) is 3.28. The van der Waals surface area contributed by atoms with Crippen LogP contribution in [-0.4, -0.2) is 61.4 Å². The van der Waals surface area contributed by atoms with Gasteiger partial charge >= 0.3 is 5.76 Å². The molecule has 1 amide bonds. The summed E-state index contributed by atoms with van der Waals surface area (Å²) in [6.07, 6.45) is 2.99. The first-order valence-electron chi connectivity index (χ1n) is 11.5. The zero-order valence-electron chi connectivity index (χ0n) is 19.0. The number of fused-ring (bicyclic) bond motifs is 2. The summed E-state index contributed by atoms with van der Waals surface area (Å²) in [5.41, 5.74) is 1.48. The quantitative estimate of drug-likeness (QED) is 0.474. The number of hydrogen-bond acceptors (Lipinski definition) is 7. The number of benzene rings is 2. The molecular weight excluding hydrogens is 458 g/mol. The van der Waals surface area contributed by atoms with E-state index >= 15 is 0 Å². The van der Waals surface area contributed by atoms with Crippen molar-refractivity contribution in [3.8, 4) is 5.75 Å². The highest BCUT2D eigenvalue weighted by Crippen LogP contribution is 2.32. The molecule has 1 fully saturated rings. The maximum atomic E-state index is 12.7. The fourth-order valence-corrected chi connectivity index (χ4v) is 6.60. The normalized spacial score (nSPS) is 18.5. The molecule has 0 radical (unpaired) electrons. The van der Waals surface area contributed by atoms with Gasteiger partial charge in [0, 0.05) is 25.7 Å². The summed E-state index contributed by atoms with van der Waals surface area (Å²) >= 11 is 0. The van der Waals surface area contributed by atoms with Gasteiger partial charge in [-0.3, -0.25) is 9.36 Å². The second kappa shape index (κ2) is 8.92. The van der Waals surface area contributed by atoms with E-state index in [1.165, 1.54) is 6.07 Å². The topological polar surface area (TPSA) is 102 Å². The lowest BCUT2D eigenvalue weighted by molar-refractivity contribution is 0.0868. The number of unbranched alkanes of at least 4 members (excludes halogenated alkanes) is 1. The number of para-hydroxylation sites is 1. The lowest BCUT2D eigenvalue weighted by Gasteiger charge is -2.32. The number of oxazole rings is 1. The first-order valence-corrected chi connectivity index (χ1v) is 12.9. The molecule has 0 unspecified atom stereocenters. The van der Waals surface area contributed by atoms with Crippen LogP contribution in [0.1, 0.15) is 42.1 Å². The monoisotopic (exact) mass is 485 g/mol. The van der Waals surface area contributed by atoms with Gasteiger partial charge in [-0.15, -0.1) is 0 Å². The molecule has 0 atom stereocenters. The standard InChI is InChI=1S/C24H27N3O6S/c1-32-19-8-6-9-20-22(19)27(24(29)33-20)17-11-15-25(16-12-17)13-4-5-14-26-23(28)18-7-2-3-10-21(18)34(26,30)31/h2-3,6-10,17H,4-5,11-16H2,1H3. The minimum atomic E-state index is -3.74. The third kappa shape index (κ3) is 3.80. The van der Waals surface area contributed by atoms with Crippen LogP contribution in [0.3, 0.4) is 0 Å². The predicted octanol–water partition coefficient (Wildman–Crippen LogP) is 2.86. The van der Waals surface area contributed by atoms with Gasteiger partial charge in [0.25, 0.3) is 15.9 Å². The van der Waals surface area contributed by atoms with Crippen LogP contribution < -0.4 is 10.5 Å². The van der Waals surface area contributed by atoms with Gasteiger partial charge in [0.2, 0.25) is 0 Å². The lowest BCUT2D eigenvalue weighted by Crippen LogP contribution is -2.37. The van der Waals surface area contributed by atoms with E-state index in [9.17, 15) is 18.0 Å². The molecule has 2 aliphatic heterocycles. The molecule has 0 saturated carbocycles. The Hall–Kier alpha value is -3.11. The minimum absolute atomic E-state index is 0.0344. The van der Waals surface area contributed by atoms with E-state index in [1.54, 1.807) is 42.0 Å². The van der Waals surface area contributed by atoms with Gasteiger partial charge in [-0.2, -0.15) is 0 Å². The fourth-order valence-electron chi connectivity index (χ4n) is 5.00. The first kappa shape index (κ1) is 22.7. The van der Waals surface area contributed by atoms with Crippen LogP contribution in [0.25, 0.3) is 11.1 Å². The molecule has 1 saturated heterocycles. The number of hydrogen-bond donors (Lipinski definition) is 0. The molecule has 2 aromatic carbocycles. The Morgan fingerprint density at radius 2 is 1.74 bits per heavy atom. The Balaban J connectivity index is 1.15. The number of aromatic nitrogens is 1. The number of nitrogens with zero attached hydrogens (tertiary/aromatic N) is 3. The van der Waals surface area contributed by atoms with Gasteiger partial charge in [-0.25, -0.2) is 17.5 Å². The molecular formula is C24H27N3O6S. The molecule has 2 aliphatic rings. The van der Waals surface area contributed by atoms with Crippen molar-refractivity contribution in [3.05, 3.63) is 58.6 Å². The minimum Gasteiger partial charge on any atom is -0.494 e. The Bertz CT molecular complexity index is 1390. The Kier molecular flexibility index (Phi) is 5.95. The zero-order chi connectivity index (χ0) is 23.9. The number of sulfonamides is 1. The molecule has 34 heavy (non-hydrogen) atoms. The van der Waals surface area contributed by atoms with Gasteiger partial charge < -0.3 is 14.1 Å². The molecule has 0 aliphatic carbocycles. The van der Waals surface area contributed by atoms with Gasteiger partial charge in [-0.1, -0.05) is 18.2 Å². The summed E-state index contributed by atoms with van der Waals surface area (Å²) in [6.45, 7) is 2.64. The number of amides is 1. The van der Waals surface area contributed by atoms with Crippen LogP contribution in [0.15, 0.2) is 56.6 Å². The van der Waals surface area contributed by atoms with E-state index in [-0.39, 0.29) is 28.8 Å². The van der Waals surface area contributed by atoms with Crippen LogP contribution in [0.5, 0.6) is 5.75 Å². The molecule has 1 aromatic heterocycles. The molecule has 10 heteroatoms. The number of carbonyl (C=O) groups excluding carboxylic acids is 1. The first-order chi connectivity index (χ1) is 16.4. The summed E-state index contributed by atoms with van der Waals surface area (Å²) in [5, 5.41) is 0. The molecule has 0 N–H and O–H groups in total. The Morgan fingerprint density at radius 3 is 2.47 bits per heavy atom. The van der Waals surface area contributed by atoms with Crippen LogP contribution in [0, 0.1) is 0 Å². The highest BCUT2D eigenvalue weighted by atomic mass is 32.2. The van der Waals surface area contributed by atoms with Gasteiger partial charge in [0.1, 0.15) is 16.2 Å². The second-order valence-corrected chi connectivity index (χ2v) is 10.5. The SMILES string of the molecule is COc1cccc2oc(=O)n(C3CCN(CCCCN4C(=O)c5ccccc5S4(=O)=O)CC3)c12. The summed E-state index contributed by atoms with van der Waals surface area (Å²) in [7, 11) is -2.16. The molecule has 180 valence electrons. The van der Waals surface area contributed by atoms with Gasteiger partial charge in [-0.05, 0) is 56.5 Å². The van der Waals surface area contributed by atoms with E-state index in [0.717, 1.165) is 43.2 Å². The number of carbonyl (C=O) groups is 1. The van der Waals surface area contributed by atoms with Crippen LogP contribution in [0.4, 0.5) is 0 Å². The molecule has 0 bridgehead atoms. The third-order valence-electron chi connectivity index (χ3n) is 6.74. The van der Waals surface area contributed by atoms with Gasteiger partial charge in [0.05, 0.1) is 12.7 Å². The van der Waals surface area contributed by atoms with Crippen molar-refractivity contribution in [1.82, 2.24) is 13.8 Å². The van der Waals surface area contributed by atoms with E-state index in [4.69, 9.17) is 9.15 Å². The van der Waals surface area contributed by atoms with E-state index < -0.39 is 15.9 Å². The lowest BCUT2D eigenvalue weighted by atomic mass is 10.0. The molecule has 0 spiro atoms. The number of rotatable bonds is 7. The average molecular weight is 486 g/mol. The largest absolute Gasteiger partial charge is 0.494 e. The van der Waals surface area contributed by atoms with Crippen LogP contribution >= 0.6 is 0 Å². The van der Waals surface area contributed by atoms with Gasteiger partial charge in [0.15, 0.2) is 5.58 Å². The van der Waals surface area contributed by atoms with Crippen LogP contribution in [0.2, 0.25) is 0 Å². The zero-order valence-corrected chi connectivity index (χ0v) is 19.8. The summed E-state index contributed by atoms with van der Waals surface area (Å²) in [4.78, 5) is 27.5.